The molecule has 0 unspecified atom stereocenters. The van der Waals surface area contributed by atoms with Crippen LogP contribution in [0.3, 0.4) is 0 Å². The van der Waals surface area contributed by atoms with Gasteiger partial charge in [0.25, 0.3) is 11.8 Å². The van der Waals surface area contributed by atoms with Gasteiger partial charge in [0.1, 0.15) is 7.05 Å². The van der Waals surface area contributed by atoms with Gasteiger partial charge in [0, 0.05) is 62.5 Å². The lowest BCUT2D eigenvalue weighted by atomic mass is 10.0. The number of hydroxylamine groups is 2. The fourth-order valence-corrected chi connectivity index (χ4v) is 7.57. The summed E-state index contributed by atoms with van der Waals surface area (Å²) in [5, 5.41) is 1.65. The zero-order valence-electron chi connectivity index (χ0n) is 32.6. The number of hydrogen-bond acceptors (Lipinski definition) is 11. The largest absolute Gasteiger partial charge is 0.369 e. The van der Waals surface area contributed by atoms with E-state index < -0.39 is 55.7 Å². The Balaban J connectivity index is 1.51. The van der Waals surface area contributed by atoms with E-state index in [1.807, 2.05) is 54.5 Å². The smallest absolute Gasteiger partial charge is 0.333 e. The van der Waals surface area contributed by atoms with Gasteiger partial charge in [-0.05, 0) is 75.3 Å². The molecule has 0 saturated carbocycles. The molecule has 0 aliphatic carbocycles. The number of amides is 4. The van der Waals surface area contributed by atoms with Crippen LogP contribution >= 0.6 is 0 Å². The highest BCUT2D eigenvalue weighted by Gasteiger charge is 2.32. The van der Waals surface area contributed by atoms with Crippen LogP contribution in [0.4, 0.5) is 5.69 Å². The average molecular weight is 827 g/mol. The highest BCUT2D eigenvalue weighted by molar-refractivity contribution is 7.90. The number of hydrogen-bond donors (Lipinski definition) is 2. The quantitative estimate of drug-likeness (QED) is 0.0851. The Morgan fingerprint density at radius 2 is 1.42 bits per heavy atom. The first-order chi connectivity index (χ1) is 27.1. The number of carbonyl (C=O) groups excluding carboxylic acids is 5. The minimum atomic E-state index is -3.80. The number of allylic oxidation sites excluding steroid dienone is 1. The van der Waals surface area contributed by atoms with Gasteiger partial charge in [0.05, 0.1) is 16.9 Å². The molecular formula is C40H52N5O10S2+. The Labute approximate surface area is 334 Å². The molecule has 1 fully saturated rings. The highest BCUT2D eigenvalue weighted by atomic mass is 32.2. The van der Waals surface area contributed by atoms with E-state index in [1.165, 1.54) is 13.8 Å². The van der Waals surface area contributed by atoms with E-state index in [9.17, 15) is 40.8 Å². The Kier molecular flexibility index (Phi) is 16.3. The third kappa shape index (κ3) is 13.8. The third-order valence-corrected chi connectivity index (χ3v) is 12.2. The third-order valence-electron chi connectivity index (χ3n) is 9.62. The number of nitrogens with zero attached hydrogens (tertiary/aromatic N) is 3. The van der Waals surface area contributed by atoms with Crippen molar-refractivity contribution in [2.75, 3.05) is 23.0 Å². The van der Waals surface area contributed by atoms with Gasteiger partial charge in [-0.25, -0.2) is 26.2 Å². The Morgan fingerprint density at radius 1 is 0.825 bits per heavy atom. The second kappa shape index (κ2) is 20.8. The molecule has 1 aliphatic heterocycles. The van der Waals surface area contributed by atoms with Crippen LogP contribution in [0.25, 0.3) is 17.0 Å². The molecule has 1 aromatic heterocycles. The van der Waals surface area contributed by atoms with Gasteiger partial charge in [0.2, 0.25) is 37.4 Å². The zero-order valence-corrected chi connectivity index (χ0v) is 34.3. The second-order valence-electron chi connectivity index (χ2n) is 13.8. The van der Waals surface area contributed by atoms with E-state index in [2.05, 4.69) is 44.4 Å². The summed E-state index contributed by atoms with van der Waals surface area (Å²) in [5.74, 6) is -3.77. The molecule has 15 nitrogen and oxygen atoms in total. The van der Waals surface area contributed by atoms with Gasteiger partial charge in [-0.15, -0.1) is 5.06 Å². The van der Waals surface area contributed by atoms with Gasteiger partial charge in [-0.2, -0.15) is 0 Å². The van der Waals surface area contributed by atoms with Crippen molar-refractivity contribution in [3.05, 3.63) is 78.0 Å². The number of anilines is 1. The number of aromatic nitrogens is 1. The van der Waals surface area contributed by atoms with Crippen molar-refractivity contribution in [2.45, 2.75) is 90.5 Å². The summed E-state index contributed by atoms with van der Waals surface area (Å²) in [6.45, 7) is 3.24. The van der Waals surface area contributed by atoms with E-state index >= 15 is 0 Å². The molecule has 0 bridgehead atoms. The van der Waals surface area contributed by atoms with E-state index in [0.29, 0.717) is 37.3 Å². The standard InChI is InChI=1S/C40H51N5O10S2/c1-4-56(51,52)41-36(46)23-21-33(22-24-37(47)42-57(53,54)5-2)44(28-10-6-7-16-40(50)55-45-38(48)25-26-39(45)49)32-19-17-30(18-20-32)12-11-13-31-27-29-43(3)35-15-9-8-14-34(31)35/h8-9,11,13-15,17-20,27,29,33H,4-7,10,12,16,21-26,28H2,1-3H3,(H-,41,42,46,47)/p+1. The van der Waals surface area contributed by atoms with Gasteiger partial charge in [-0.1, -0.05) is 42.8 Å². The summed E-state index contributed by atoms with van der Waals surface area (Å²) >= 11 is 0. The van der Waals surface area contributed by atoms with Crippen LogP contribution in [0, 0.1) is 0 Å². The van der Waals surface area contributed by atoms with Gasteiger partial charge in [-0.3, -0.25) is 28.6 Å². The maximum atomic E-state index is 12.7. The number of pyridine rings is 1. The molecule has 2 heterocycles. The van der Waals surface area contributed by atoms with Gasteiger partial charge in [0.15, 0.2) is 6.20 Å². The molecule has 2 aromatic carbocycles. The number of carbonyl (C=O) groups is 5. The normalized spacial score (nSPS) is 13.4. The number of aryl methyl sites for hydroxylation is 1. The van der Waals surface area contributed by atoms with Crippen molar-refractivity contribution < 1.29 is 50.2 Å². The topological polar surface area (TPSA) is 197 Å². The summed E-state index contributed by atoms with van der Waals surface area (Å²) in [6, 6.07) is 17.5. The zero-order chi connectivity index (χ0) is 41.6. The molecule has 1 saturated heterocycles. The monoisotopic (exact) mass is 826 g/mol. The highest BCUT2D eigenvalue weighted by Crippen LogP contribution is 2.25. The van der Waals surface area contributed by atoms with Crippen LogP contribution in [0.5, 0.6) is 0 Å². The van der Waals surface area contributed by atoms with Crippen LogP contribution < -0.4 is 18.9 Å². The number of rotatable bonds is 22. The predicted molar refractivity (Wildman–Crippen MR) is 215 cm³/mol. The van der Waals surface area contributed by atoms with E-state index in [4.69, 9.17) is 4.84 Å². The van der Waals surface area contributed by atoms with Gasteiger partial charge < -0.3 is 9.74 Å². The van der Waals surface area contributed by atoms with E-state index in [-0.39, 0.29) is 56.5 Å². The van der Waals surface area contributed by atoms with Crippen molar-refractivity contribution >= 4 is 72.3 Å². The average Bonchev–Trinajstić information content (AvgIpc) is 3.49. The maximum absolute atomic E-state index is 12.7. The Hall–Kier alpha value is -5.16. The molecule has 17 heteroatoms. The van der Waals surface area contributed by atoms with E-state index in [0.717, 1.165) is 27.7 Å². The van der Waals surface area contributed by atoms with Crippen molar-refractivity contribution in [3.63, 3.8) is 0 Å². The van der Waals surface area contributed by atoms with Crippen LogP contribution in [-0.2, 0) is 62.3 Å². The van der Waals surface area contributed by atoms with Crippen LogP contribution in [-0.4, -0.2) is 75.6 Å². The molecule has 4 rings (SSSR count). The van der Waals surface area contributed by atoms with Crippen molar-refractivity contribution in [1.29, 1.82) is 0 Å². The number of nitrogens with one attached hydrogen (secondary N) is 2. The molecule has 3 aromatic rings. The second-order valence-corrected chi connectivity index (χ2v) is 17.8. The Bertz CT molecular complexity index is 2110. The minimum Gasteiger partial charge on any atom is -0.369 e. The molecule has 1 aliphatic rings. The molecule has 0 atom stereocenters. The molecular weight excluding hydrogens is 775 g/mol. The minimum absolute atomic E-state index is 0.00287. The SMILES string of the molecule is CCS(=O)(=O)NC(=O)CCC(CCC(=O)NS(=O)(=O)CC)N(CCCCCC(=O)ON1C(=O)CCC1=O)c1ccc(CC=Cc2cc[n+](C)c3ccccc23)cc1. The first kappa shape index (κ1) is 44.6. The molecule has 308 valence electrons. The lowest BCUT2D eigenvalue weighted by Gasteiger charge is -2.34. The van der Waals surface area contributed by atoms with Crippen LogP contribution in [0.2, 0.25) is 0 Å². The first-order valence-electron chi connectivity index (χ1n) is 19.1. The summed E-state index contributed by atoms with van der Waals surface area (Å²) in [4.78, 5) is 68.5. The van der Waals surface area contributed by atoms with Crippen molar-refractivity contribution in [2.24, 2.45) is 7.05 Å². The summed E-state index contributed by atoms with van der Waals surface area (Å²) in [6.07, 6.45) is 8.22. The summed E-state index contributed by atoms with van der Waals surface area (Å²) < 4.78 is 54.6. The van der Waals surface area contributed by atoms with Crippen molar-refractivity contribution in [3.8, 4) is 0 Å². The first-order valence-corrected chi connectivity index (χ1v) is 22.4. The fourth-order valence-electron chi connectivity index (χ4n) is 6.38. The Morgan fingerprint density at radius 3 is 2.02 bits per heavy atom. The number of imide groups is 1. The van der Waals surface area contributed by atoms with Crippen LogP contribution in [0.15, 0.2) is 66.9 Å². The molecule has 2 N–H and O–H groups in total. The molecule has 0 radical (unpaired) electrons. The lowest BCUT2D eigenvalue weighted by Crippen LogP contribution is -2.40. The van der Waals surface area contributed by atoms with Crippen LogP contribution in [0.1, 0.15) is 89.2 Å². The number of benzene rings is 2. The summed E-state index contributed by atoms with van der Waals surface area (Å²) in [5.41, 5.74) is 4.00. The number of unbranched alkanes of at least 4 members (excludes halogenated alkanes) is 2. The molecule has 57 heavy (non-hydrogen) atoms. The van der Waals surface area contributed by atoms with E-state index in [1.54, 1.807) is 0 Å². The fraction of sp³-hybridized carbons (Fsp3) is 0.450. The van der Waals surface area contributed by atoms with Crippen molar-refractivity contribution in [1.82, 2.24) is 14.5 Å². The number of para-hydroxylation sites is 1. The van der Waals surface area contributed by atoms with Gasteiger partial charge >= 0.3 is 5.97 Å². The number of sulfonamides is 2. The number of fused-ring (bicyclic) bond motifs is 1. The maximum Gasteiger partial charge on any atom is 0.333 e. The molecule has 0 spiro atoms. The lowest BCUT2D eigenvalue weighted by molar-refractivity contribution is -0.644. The molecule has 4 amide bonds. The predicted octanol–water partition coefficient (Wildman–Crippen LogP) is 3.76. The summed E-state index contributed by atoms with van der Waals surface area (Å²) in [7, 11) is -5.60.